The molecule has 1 unspecified atom stereocenters. The SMILES string of the molecule is COC1=CC2=C(C=O)C(OC(C)=O)[C@H]3[C@@H]4CC[C@H](C(C)=O)[C@@]4(C)CC[C@@H]3[C@@]2(C)CC1. The van der Waals surface area contributed by atoms with Crippen LogP contribution in [0.15, 0.2) is 23.0 Å². The van der Waals surface area contributed by atoms with Crippen molar-refractivity contribution in [2.75, 3.05) is 7.11 Å². The number of fused-ring (bicyclic) bond motifs is 5. The number of allylic oxidation sites excluding steroid dienone is 3. The third-order valence-electron chi connectivity index (χ3n) is 9.10. The smallest absolute Gasteiger partial charge is 0.303 e. The van der Waals surface area contributed by atoms with Gasteiger partial charge in [-0.3, -0.25) is 14.4 Å². The fourth-order valence-electron chi connectivity index (χ4n) is 7.71. The van der Waals surface area contributed by atoms with Crippen LogP contribution in [0.5, 0.6) is 0 Å². The van der Waals surface area contributed by atoms with Gasteiger partial charge in [0, 0.05) is 30.8 Å². The highest BCUT2D eigenvalue weighted by Crippen LogP contribution is 2.67. The van der Waals surface area contributed by atoms with Gasteiger partial charge in [-0.15, -0.1) is 0 Å². The molecule has 0 saturated heterocycles. The van der Waals surface area contributed by atoms with E-state index < -0.39 is 6.10 Å². The highest BCUT2D eigenvalue weighted by atomic mass is 16.5. The molecule has 5 nitrogen and oxygen atoms in total. The summed E-state index contributed by atoms with van der Waals surface area (Å²) < 4.78 is 11.4. The minimum absolute atomic E-state index is 0.0608. The Hall–Kier alpha value is -1.91. The largest absolute Gasteiger partial charge is 0.501 e. The molecule has 0 amide bonds. The lowest BCUT2D eigenvalue weighted by Crippen LogP contribution is -2.56. The van der Waals surface area contributed by atoms with Crippen LogP contribution in [0.3, 0.4) is 0 Å². The first-order valence-corrected chi connectivity index (χ1v) is 11.3. The Labute approximate surface area is 179 Å². The van der Waals surface area contributed by atoms with E-state index in [1.807, 2.05) is 6.08 Å². The van der Waals surface area contributed by atoms with E-state index in [0.717, 1.165) is 56.1 Å². The van der Waals surface area contributed by atoms with Gasteiger partial charge in [0.2, 0.25) is 0 Å². The number of aldehydes is 1. The summed E-state index contributed by atoms with van der Waals surface area (Å²) >= 11 is 0. The first-order valence-electron chi connectivity index (χ1n) is 11.3. The van der Waals surface area contributed by atoms with Crippen molar-refractivity contribution in [2.45, 2.75) is 72.3 Å². The quantitative estimate of drug-likeness (QED) is 0.504. The molecule has 0 aromatic carbocycles. The van der Waals surface area contributed by atoms with Crippen LogP contribution in [-0.2, 0) is 23.9 Å². The molecular formula is C25H34O5. The van der Waals surface area contributed by atoms with Crippen molar-refractivity contribution in [3.8, 4) is 0 Å². The second kappa shape index (κ2) is 7.35. The summed E-state index contributed by atoms with van der Waals surface area (Å²) in [4.78, 5) is 36.9. The van der Waals surface area contributed by atoms with Crippen molar-refractivity contribution in [1.82, 2.24) is 0 Å². The molecule has 164 valence electrons. The molecule has 0 heterocycles. The summed E-state index contributed by atoms with van der Waals surface area (Å²) in [6.45, 7) is 7.66. The number of hydrogen-bond donors (Lipinski definition) is 0. The van der Waals surface area contributed by atoms with Crippen LogP contribution in [0.25, 0.3) is 0 Å². The Morgan fingerprint density at radius 2 is 1.83 bits per heavy atom. The Morgan fingerprint density at radius 3 is 2.43 bits per heavy atom. The summed E-state index contributed by atoms with van der Waals surface area (Å²) in [5.74, 6) is 1.51. The van der Waals surface area contributed by atoms with Crippen molar-refractivity contribution < 1.29 is 23.9 Å². The molecule has 0 bridgehead atoms. The lowest BCUT2D eigenvalue weighted by Gasteiger charge is -2.59. The Balaban J connectivity index is 1.88. The molecule has 0 radical (unpaired) electrons. The zero-order chi connectivity index (χ0) is 21.8. The van der Waals surface area contributed by atoms with Gasteiger partial charge in [0.25, 0.3) is 0 Å². The molecule has 0 aromatic rings. The number of rotatable bonds is 4. The van der Waals surface area contributed by atoms with E-state index in [2.05, 4.69) is 13.8 Å². The Bertz CT molecular complexity index is 838. The van der Waals surface area contributed by atoms with Crippen LogP contribution >= 0.6 is 0 Å². The highest BCUT2D eigenvalue weighted by Gasteiger charge is 2.63. The summed E-state index contributed by atoms with van der Waals surface area (Å²) in [7, 11) is 1.66. The fourth-order valence-corrected chi connectivity index (χ4v) is 7.71. The number of carbonyl (C=O) groups is 3. The van der Waals surface area contributed by atoms with Gasteiger partial charge in [0.15, 0.2) is 0 Å². The summed E-state index contributed by atoms with van der Waals surface area (Å²) in [6, 6.07) is 0. The zero-order valence-corrected chi connectivity index (χ0v) is 18.8. The van der Waals surface area contributed by atoms with Gasteiger partial charge in [-0.25, -0.2) is 0 Å². The standard InChI is InChI=1S/C25H34O5/c1-14(27)18-6-7-19-22-20(9-11-24(18,19)3)25(4)10-8-16(29-5)12-21(25)17(13-26)23(22)30-15(2)28/h12-13,18-20,22-23H,6-11H2,1-5H3/t18-,19+,20+,22+,23?,24-,25-/m1/s1. The van der Waals surface area contributed by atoms with E-state index in [9.17, 15) is 14.4 Å². The minimum atomic E-state index is -0.545. The molecule has 2 saturated carbocycles. The molecule has 4 aliphatic rings. The predicted molar refractivity (Wildman–Crippen MR) is 112 cm³/mol. The van der Waals surface area contributed by atoms with Crippen LogP contribution in [0.4, 0.5) is 0 Å². The van der Waals surface area contributed by atoms with Crippen molar-refractivity contribution in [3.05, 3.63) is 23.0 Å². The van der Waals surface area contributed by atoms with Gasteiger partial charge in [0.05, 0.1) is 12.9 Å². The third-order valence-corrected chi connectivity index (χ3v) is 9.10. The molecule has 4 rings (SSSR count). The summed E-state index contributed by atoms with van der Waals surface area (Å²) in [5.41, 5.74) is 1.35. The molecule has 7 atom stereocenters. The molecule has 0 aromatic heterocycles. The monoisotopic (exact) mass is 414 g/mol. The second-order valence-corrected chi connectivity index (χ2v) is 10.3. The maximum Gasteiger partial charge on any atom is 0.303 e. The highest BCUT2D eigenvalue weighted by molar-refractivity contribution is 5.81. The lowest BCUT2D eigenvalue weighted by molar-refractivity contribution is -0.160. The normalized spacial score (nSPS) is 42.4. The van der Waals surface area contributed by atoms with Gasteiger partial charge in [-0.05, 0) is 73.3 Å². The second-order valence-electron chi connectivity index (χ2n) is 10.3. The van der Waals surface area contributed by atoms with Crippen molar-refractivity contribution >= 4 is 18.0 Å². The minimum Gasteiger partial charge on any atom is -0.501 e. The number of carbonyl (C=O) groups excluding carboxylic acids is 3. The van der Waals surface area contributed by atoms with Crippen LogP contribution in [0, 0.1) is 34.5 Å². The van der Waals surface area contributed by atoms with Gasteiger partial charge < -0.3 is 9.47 Å². The van der Waals surface area contributed by atoms with Crippen LogP contribution in [0.1, 0.15) is 66.2 Å². The van der Waals surface area contributed by atoms with Gasteiger partial charge in [-0.2, -0.15) is 0 Å². The van der Waals surface area contributed by atoms with Gasteiger partial charge in [-0.1, -0.05) is 13.8 Å². The average molecular weight is 415 g/mol. The zero-order valence-electron chi connectivity index (χ0n) is 18.8. The first kappa shape index (κ1) is 21.3. The molecule has 2 fully saturated rings. The van der Waals surface area contributed by atoms with Crippen molar-refractivity contribution in [3.63, 3.8) is 0 Å². The van der Waals surface area contributed by atoms with Crippen molar-refractivity contribution in [1.29, 1.82) is 0 Å². The fraction of sp³-hybridized carbons (Fsp3) is 0.720. The van der Waals surface area contributed by atoms with Crippen molar-refractivity contribution in [2.24, 2.45) is 34.5 Å². The van der Waals surface area contributed by atoms with Crippen LogP contribution in [0.2, 0.25) is 0 Å². The number of esters is 1. The topological polar surface area (TPSA) is 69.7 Å². The molecule has 0 spiro atoms. The third kappa shape index (κ3) is 2.91. The summed E-state index contributed by atoms with van der Waals surface area (Å²) in [6.07, 6.45) is 7.99. The van der Waals surface area contributed by atoms with E-state index in [-0.39, 0.29) is 40.3 Å². The molecule has 4 aliphatic carbocycles. The van der Waals surface area contributed by atoms with E-state index in [1.54, 1.807) is 14.0 Å². The Kier molecular flexibility index (Phi) is 5.22. The molecule has 0 aliphatic heterocycles. The molecule has 5 heteroatoms. The number of ketones is 1. The number of hydrogen-bond acceptors (Lipinski definition) is 5. The molecule has 30 heavy (non-hydrogen) atoms. The molecule has 0 N–H and O–H groups in total. The van der Waals surface area contributed by atoms with E-state index >= 15 is 0 Å². The number of methoxy groups -OCH3 is 1. The van der Waals surface area contributed by atoms with E-state index in [1.165, 1.54) is 6.92 Å². The first-order chi connectivity index (χ1) is 14.2. The maximum atomic E-state index is 12.4. The average Bonchev–Trinajstić information content (AvgIpc) is 3.05. The van der Waals surface area contributed by atoms with Gasteiger partial charge in [0.1, 0.15) is 18.2 Å². The van der Waals surface area contributed by atoms with E-state index in [0.29, 0.717) is 11.5 Å². The maximum absolute atomic E-state index is 12.4. The van der Waals surface area contributed by atoms with Crippen LogP contribution < -0.4 is 0 Å². The van der Waals surface area contributed by atoms with Crippen LogP contribution in [-0.4, -0.2) is 31.3 Å². The summed E-state index contributed by atoms with van der Waals surface area (Å²) in [5, 5.41) is 0. The predicted octanol–water partition coefficient (Wildman–Crippen LogP) is 4.41. The number of Topliss-reactive ketones (excluding diaryl/α,β-unsaturated/α-hetero) is 1. The van der Waals surface area contributed by atoms with E-state index in [4.69, 9.17) is 9.47 Å². The Morgan fingerprint density at radius 1 is 1.10 bits per heavy atom. The van der Waals surface area contributed by atoms with Gasteiger partial charge >= 0.3 is 5.97 Å². The lowest BCUT2D eigenvalue weighted by atomic mass is 9.46. The number of ether oxygens (including phenoxy) is 2. The molecular weight excluding hydrogens is 380 g/mol.